The molecule has 0 atom stereocenters. The number of hydrogen-bond acceptors (Lipinski definition) is 2. The average molecular weight is 399 g/mol. The topological polar surface area (TPSA) is 29.1 Å². The minimum atomic E-state index is -0.203. The molecule has 3 rings (SSSR count). The van der Waals surface area contributed by atoms with Crippen molar-refractivity contribution in [2.45, 2.75) is 19.8 Å². The van der Waals surface area contributed by atoms with Crippen molar-refractivity contribution >= 4 is 67.8 Å². The number of nitrogens with one attached hydrogen (secondary N) is 1. The third kappa shape index (κ3) is 3.40. The monoisotopic (exact) mass is 397 g/mol. The zero-order valence-electron chi connectivity index (χ0n) is 12.8. The van der Waals surface area contributed by atoms with Crippen LogP contribution in [0.4, 0.5) is 5.69 Å². The first-order valence-corrected chi connectivity index (χ1v) is 9.42. The third-order valence-electron chi connectivity index (χ3n) is 3.65. The van der Waals surface area contributed by atoms with Gasteiger partial charge in [0.1, 0.15) is 0 Å². The molecule has 1 aromatic heterocycles. The van der Waals surface area contributed by atoms with Crippen molar-refractivity contribution in [2.75, 3.05) is 5.32 Å². The number of fused-ring (bicyclic) bond motifs is 1. The second kappa shape index (κ2) is 7.32. The Hall–Kier alpha value is -1.26. The largest absolute Gasteiger partial charge is 0.319 e. The Bertz CT molecular complexity index is 897. The van der Waals surface area contributed by atoms with Gasteiger partial charge in [-0.05, 0) is 35.6 Å². The number of anilines is 1. The zero-order valence-corrected chi connectivity index (χ0v) is 15.9. The van der Waals surface area contributed by atoms with Crippen LogP contribution in [0, 0.1) is 0 Å². The summed E-state index contributed by atoms with van der Waals surface area (Å²) >= 11 is 19.7. The highest BCUT2D eigenvalue weighted by Crippen LogP contribution is 2.36. The van der Waals surface area contributed by atoms with E-state index >= 15 is 0 Å². The molecule has 0 aliphatic rings. The lowest BCUT2D eigenvalue weighted by Crippen LogP contribution is -2.13. The van der Waals surface area contributed by atoms with Gasteiger partial charge >= 0.3 is 0 Å². The molecule has 1 heterocycles. The molecule has 0 radical (unpaired) electrons. The van der Waals surface area contributed by atoms with Gasteiger partial charge in [0.05, 0.1) is 20.6 Å². The van der Waals surface area contributed by atoms with Crippen molar-refractivity contribution < 1.29 is 4.79 Å². The van der Waals surface area contributed by atoms with Crippen molar-refractivity contribution in [1.82, 2.24) is 0 Å². The second-order valence-corrected chi connectivity index (χ2v) is 7.66. The molecule has 0 bridgehead atoms. The van der Waals surface area contributed by atoms with E-state index < -0.39 is 0 Å². The van der Waals surface area contributed by atoms with Crippen LogP contribution in [0.15, 0.2) is 36.4 Å². The summed E-state index contributed by atoms with van der Waals surface area (Å²) in [6.07, 6.45) is 1.80. The van der Waals surface area contributed by atoms with E-state index in [2.05, 4.69) is 18.3 Å². The van der Waals surface area contributed by atoms with Gasteiger partial charge in [-0.3, -0.25) is 4.79 Å². The Morgan fingerprint density at radius 3 is 2.46 bits per heavy atom. The Kier molecular flexibility index (Phi) is 5.36. The summed E-state index contributed by atoms with van der Waals surface area (Å²) in [6.45, 7) is 2.10. The molecule has 24 heavy (non-hydrogen) atoms. The van der Waals surface area contributed by atoms with Crippen molar-refractivity contribution in [2.24, 2.45) is 0 Å². The molecule has 2 nitrogen and oxygen atoms in total. The molecule has 1 N–H and O–H groups in total. The molecule has 6 heteroatoms. The summed E-state index contributed by atoms with van der Waals surface area (Å²) in [5.41, 5.74) is 1.45. The molecular weight excluding hydrogens is 385 g/mol. The standard InChI is InChI=1S/C18H14Cl3NOS/c1-2-5-12-11-6-3-4-7-15(11)24-17(12)18(23)22-16-13(20)8-10(19)9-14(16)21/h3-4,6-9H,2,5H2,1H3,(H,22,23). The molecule has 124 valence electrons. The summed E-state index contributed by atoms with van der Waals surface area (Å²) in [5, 5.41) is 5.02. The maximum Gasteiger partial charge on any atom is 0.266 e. The highest BCUT2D eigenvalue weighted by atomic mass is 35.5. The first-order chi connectivity index (χ1) is 11.5. The molecule has 0 saturated carbocycles. The van der Waals surface area contributed by atoms with E-state index in [-0.39, 0.29) is 5.91 Å². The fraction of sp³-hybridized carbons (Fsp3) is 0.167. The van der Waals surface area contributed by atoms with Crippen molar-refractivity contribution in [3.8, 4) is 0 Å². The van der Waals surface area contributed by atoms with E-state index in [4.69, 9.17) is 34.8 Å². The van der Waals surface area contributed by atoms with Crippen LogP contribution in [0.5, 0.6) is 0 Å². The number of hydrogen-bond donors (Lipinski definition) is 1. The maximum absolute atomic E-state index is 12.8. The van der Waals surface area contributed by atoms with Crippen LogP contribution < -0.4 is 5.32 Å². The predicted octanol–water partition coefficient (Wildman–Crippen LogP) is 7.07. The van der Waals surface area contributed by atoms with Gasteiger partial charge in [0, 0.05) is 9.72 Å². The number of benzene rings is 2. The van der Waals surface area contributed by atoms with Gasteiger partial charge in [0.15, 0.2) is 0 Å². The number of thiophene rings is 1. The van der Waals surface area contributed by atoms with Crippen LogP contribution in [-0.4, -0.2) is 5.91 Å². The molecule has 0 aliphatic carbocycles. The molecule has 0 unspecified atom stereocenters. The number of aryl methyl sites for hydroxylation is 1. The van der Waals surface area contributed by atoms with Gasteiger partial charge in [-0.2, -0.15) is 0 Å². The minimum absolute atomic E-state index is 0.203. The number of halogens is 3. The first-order valence-electron chi connectivity index (χ1n) is 7.47. The minimum Gasteiger partial charge on any atom is -0.319 e. The molecule has 0 fully saturated rings. The summed E-state index contributed by atoms with van der Waals surface area (Å²) < 4.78 is 1.10. The summed E-state index contributed by atoms with van der Waals surface area (Å²) in [7, 11) is 0. The lowest BCUT2D eigenvalue weighted by Gasteiger charge is -2.10. The second-order valence-electron chi connectivity index (χ2n) is 5.35. The van der Waals surface area contributed by atoms with Crippen molar-refractivity contribution in [3.05, 3.63) is 61.9 Å². The van der Waals surface area contributed by atoms with E-state index in [1.165, 1.54) is 11.3 Å². The van der Waals surface area contributed by atoms with Crippen LogP contribution in [0.3, 0.4) is 0 Å². The predicted molar refractivity (Wildman–Crippen MR) is 105 cm³/mol. The molecule has 1 amide bonds. The number of carbonyl (C=O) groups excluding carboxylic acids is 1. The van der Waals surface area contributed by atoms with Crippen LogP contribution in [-0.2, 0) is 6.42 Å². The molecule has 2 aromatic carbocycles. The Labute approximate surface area is 159 Å². The van der Waals surface area contributed by atoms with E-state index in [9.17, 15) is 4.79 Å². The quantitative estimate of drug-likeness (QED) is 0.500. The summed E-state index contributed by atoms with van der Waals surface area (Å²) in [5.74, 6) is -0.203. The first kappa shape index (κ1) is 17.6. The molecule has 0 saturated heterocycles. The molecular formula is C18H14Cl3NOS. The van der Waals surface area contributed by atoms with E-state index in [0.29, 0.717) is 25.6 Å². The van der Waals surface area contributed by atoms with E-state index in [0.717, 1.165) is 28.5 Å². The summed E-state index contributed by atoms with van der Waals surface area (Å²) in [4.78, 5) is 13.5. The van der Waals surface area contributed by atoms with E-state index in [1.54, 1.807) is 12.1 Å². The van der Waals surface area contributed by atoms with Gasteiger partial charge in [-0.25, -0.2) is 0 Å². The lowest BCUT2D eigenvalue weighted by molar-refractivity contribution is 0.103. The van der Waals surface area contributed by atoms with Crippen molar-refractivity contribution in [3.63, 3.8) is 0 Å². The van der Waals surface area contributed by atoms with Crippen LogP contribution in [0.25, 0.3) is 10.1 Å². The average Bonchev–Trinajstić information content (AvgIpc) is 2.90. The fourth-order valence-electron chi connectivity index (χ4n) is 2.61. The van der Waals surface area contributed by atoms with Gasteiger partial charge < -0.3 is 5.32 Å². The van der Waals surface area contributed by atoms with Gasteiger partial charge in [0.25, 0.3) is 5.91 Å². The smallest absolute Gasteiger partial charge is 0.266 e. The van der Waals surface area contributed by atoms with Crippen LogP contribution >= 0.6 is 46.1 Å². The Morgan fingerprint density at radius 1 is 1.12 bits per heavy atom. The highest BCUT2D eigenvalue weighted by Gasteiger charge is 2.19. The normalized spacial score (nSPS) is 11.0. The molecule has 0 aliphatic heterocycles. The Balaban J connectivity index is 2.02. The van der Waals surface area contributed by atoms with Crippen LogP contribution in [0.2, 0.25) is 15.1 Å². The number of amides is 1. The van der Waals surface area contributed by atoms with Gasteiger partial charge in [0.2, 0.25) is 0 Å². The summed E-state index contributed by atoms with van der Waals surface area (Å²) in [6, 6.07) is 11.2. The highest BCUT2D eigenvalue weighted by molar-refractivity contribution is 7.21. The third-order valence-corrected chi connectivity index (χ3v) is 5.68. The zero-order chi connectivity index (χ0) is 17.3. The number of rotatable bonds is 4. The van der Waals surface area contributed by atoms with Crippen LogP contribution in [0.1, 0.15) is 28.6 Å². The molecule has 3 aromatic rings. The lowest BCUT2D eigenvalue weighted by atomic mass is 10.1. The Morgan fingerprint density at radius 2 is 1.79 bits per heavy atom. The van der Waals surface area contributed by atoms with Crippen molar-refractivity contribution in [1.29, 1.82) is 0 Å². The SMILES string of the molecule is CCCc1c(C(=O)Nc2c(Cl)cc(Cl)cc2Cl)sc2ccccc12. The number of carbonyl (C=O) groups is 1. The fourth-order valence-corrected chi connectivity index (χ4v) is 4.67. The maximum atomic E-state index is 12.8. The van der Waals surface area contributed by atoms with Gasteiger partial charge in [-0.1, -0.05) is 66.3 Å². The molecule has 0 spiro atoms. The van der Waals surface area contributed by atoms with Gasteiger partial charge in [-0.15, -0.1) is 11.3 Å². The van der Waals surface area contributed by atoms with E-state index in [1.807, 2.05) is 18.2 Å².